The first-order valence-corrected chi connectivity index (χ1v) is 9.19. The Morgan fingerprint density at radius 1 is 1.31 bits per heavy atom. The van der Waals surface area contributed by atoms with Crippen LogP contribution in [0.3, 0.4) is 0 Å². The summed E-state index contributed by atoms with van der Waals surface area (Å²) in [7, 11) is 1.51. The van der Waals surface area contributed by atoms with Gasteiger partial charge in [-0.3, -0.25) is 9.48 Å². The summed E-state index contributed by atoms with van der Waals surface area (Å²) in [6, 6.07) is 1.82. The zero-order valence-corrected chi connectivity index (χ0v) is 16.2. The van der Waals surface area contributed by atoms with Gasteiger partial charge in [0.1, 0.15) is 11.4 Å². The molecule has 154 valence electrons. The molecular formula is C18H21F2N7O2. The first-order valence-electron chi connectivity index (χ1n) is 9.19. The van der Waals surface area contributed by atoms with E-state index in [0.717, 1.165) is 0 Å². The van der Waals surface area contributed by atoms with Crippen LogP contribution in [-0.4, -0.2) is 55.6 Å². The number of morpholine rings is 1. The molecule has 1 N–H and O–H groups in total. The maximum atomic E-state index is 13.1. The Labute approximate surface area is 165 Å². The Bertz CT molecular complexity index is 1040. The maximum absolute atomic E-state index is 13.1. The number of carbonyl (C=O) groups is 1. The molecule has 0 spiro atoms. The van der Waals surface area contributed by atoms with E-state index < -0.39 is 18.0 Å². The van der Waals surface area contributed by atoms with Gasteiger partial charge in [0.2, 0.25) is 0 Å². The number of amides is 1. The molecule has 2 atom stereocenters. The molecule has 3 aromatic rings. The van der Waals surface area contributed by atoms with Gasteiger partial charge in [0.25, 0.3) is 12.3 Å². The van der Waals surface area contributed by atoms with Gasteiger partial charge < -0.3 is 15.0 Å². The number of fused-ring (bicyclic) bond motifs is 1. The molecule has 0 aromatic carbocycles. The van der Waals surface area contributed by atoms with Crippen molar-refractivity contribution in [1.82, 2.24) is 24.4 Å². The second-order valence-corrected chi connectivity index (χ2v) is 7.13. The molecule has 0 aliphatic carbocycles. The van der Waals surface area contributed by atoms with Gasteiger partial charge in [-0.1, -0.05) is 0 Å². The topological polar surface area (TPSA) is 89.6 Å². The molecule has 4 rings (SSSR count). The molecule has 11 heteroatoms. The summed E-state index contributed by atoms with van der Waals surface area (Å²) in [5.74, 6) is 0.118. The van der Waals surface area contributed by atoms with Crippen LogP contribution in [0.5, 0.6) is 0 Å². The van der Waals surface area contributed by atoms with Crippen molar-refractivity contribution in [2.75, 3.05) is 23.3 Å². The summed E-state index contributed by atoms with van der Waals surface area (Å²) in [6.45, 7) is 5.34. The molecule has 0 saturated carbocycles. The minimum absolute atomic E-state index is 0.0427. The lowest BCUT2D eigenvalue weighted by atomic mass is 10.2. The van der Waals surface area contributed by atoms with E-state index in [1.807, 2.05) is 19.9 Å². The fourth-order valence-electron chi connectivity index (χ4n) is 3.51. The number of alkyl halides is 2. The van der Waals surface area contributed by atoms with Crippen molar-refractivity contribution in [3.8, 4) is 0 Å². The van der Waals surface area contributed by atoms with Crippen LogP contribution in [0.4, 0.5) is 20.3 Å². The predicted molar refractivity (Wildman–Crippen MR) is 101 cm³/mol. The van der Waals surface area contributed by atoms with Crippen LogP contribution in [-0.2, 0) is 11.8 Å². The van der Waals surface area contributed by atoms with Crippen LogP contribution < -0.4 is 10.2 Å². The number of nitrogens with one attached hydrogen (secondary N) is 1. The number of hydrogen-bond donors (Lipinski definition) is 1. The van der Waals surface area contributed by atoms with E-state index >= 15 is 0 Å². The zero-order valence-electron chi connectivity index (χ0n) is 16.2. The third kappa shape index (κ3) is 3.77. The van der Waals surface area contributed by atoms with E-state index in [9.17, 15) is 13.6 Å². The van der Waals surface area contributed by atoms with Crippen molar-refractivity contribution in [2.24, 2.45) is 7.05 Å². The van der Waals surface area contributed by atoms with Crippen molar-refractivity contribution < 1.29 is 18.3 Å². The zero-order chi connectivity index (χ0) is 20.7. The highest BCUT2D eigenvalue weighted by molar-refractivity contribution is 6.08. The van der Waals surface area contributed by atoms with Crippen LogP contribution >= 0.6 is 0 Å². The monoisotopic (exact) mass is 405 g/mol. The minimum Gasteiger partial charge on any atom is -0.372 e. The van der Waals surface area contributed by atoms with E-state index in [2.05, 4.69) is 25.4 Å². The normalized spacial score (nSPS) is 19.9. The van der Waals surface area contributed by atoms with E-state index in [1.54, 1.807) is 6.20 Å². The first-order chi connectivity index (χ1) is 13.8. The van der Waals surface area contributed by atoms with Crippen LogP contribution in [0, 0.1) is 0 Å². The van der Waals surface area contributed by atoms with Crippen LogP contribution in [0.15, 0.2) is 24.7 Å². The second kappa shape index (κ2) is 7.39. The third-order valence-corrected chi connectivity index (χ3v) is 4.65. The van der Waals surface area contributed by atoms with Gasteiger partial charge in [-0.2, -0.15) is 10.2 Å². The average Bonchev–Trinajstić information content (AvgIpc) is 3.23. The number of carbonyl (C=O) groups excluding carboxylic acids is 1. The predicted octanol–water partition coefficient (Wildman–Crippen LogP) is 2.27. The summed E-state index contributed by atoms with van der Waals surface area (Å²) < 4.78 is 34.7. The molecule has 29 heavy (non-hydrogen) atoms. The van der Waals surface area contributed by atoms with Crippen molar-refractivity contribution in [3.63, 3.8) is 0 Å². The number of hydrogen-bond acceptors (Lipinski definition) is 6. The largest absolute Gasteiger partial charge is 0.372 e. The van der Waals surface area contributed by atoms with Crippen LogP contribution in [0.25, 0.3) is 5.65 Å². The van der Waals surface area contributed by atoms with Crippen LogP contribution in [0.1, 0.15) is 36.3 Å². The van der Waals surface area contributed by atoms with Crippen molar-refractivity contribution >= 4 is 23.1 Å². The molecule has 1 amide bonds. The number of halogens is 2. The van der Waals surface area contributed by atoms with E-state index in [0.29, 0.717) is 24.6 Å². The number of aryl methyl sites for hydroxylation is 1. The highest BCUT2D eigenvalue weighted by Crippen LogP contribution is 2.26. The molecule has 1 aliphatic heterocycles. The van der Waals surface area contributed by atoms with Crippen molar-refractivity contribution in [2.45, 2.75) is 32.5 Å². The van der Waals surface area contributed by atoms with Gasteiger partial charge in [0, 0.05) is 32.5 Å². The number of nitrogens with zero attached hydrogens (tertiary/aromatic N) is 6. The highest BCUT2D eigenvalue weighted by Gasteiger charge is 2.25. The minimum atomic E-state index is -2.80. The summed E-state index contributed by atoms with van der Waals surface area (Å²) in [5.41, 5.74) is 0.000610. The van der Waals surface area contributed by atoms with Gasteiger partial charge in [-0.15, -0.1) is 0 Å². The molecule has 0 bridgehead atoms. The molecular weight excluding hydrogens is 384 g/mol. The maximum Gasteiger partial charge on any atom is 0.284 e. The number of rotatable bonds is 4. The molecule has 0 unspecified atom stereocenters. The molecule has 0 radical (unpaired) electrons. The lowest BCUT2D eigenvalue weighted by Crippen LogP contribution is -2.45. The van der Waals surface area contributed by atoms with Crippen LogP contribution in [0.2, 0.25) is 0 Å². The average molecular weight is 405 g/mol. The lowest BCUT2D eigenvalue weighted by Gasteiger charge is -2.36. The second-order valence-electron chi connectivity index (χ2n) is 7.13. The molecule has 3 aromatic heterocycles. The Kier molecular flexibility index (Phi) is 4.91. The summed E-state index contributed by atoms with van der Waals surface area (Å²) >= 11 is 0. The molecule has 9 nitrogen and oxygen atoms in total. The van der Waals surface area contributed by atoms with Gasteiger partial charge in [0.05, 0.1) is 24.1 Å². The Morgan fingerprint density at radius 3 is 2.72 bits per heavy atom. The van der Waals surface area contributed by atoms with Crippen molar-refractivity contribution in [1.29, 1.82) is 0 Å². The lowest BCUT2D eigenvalue weighted by molar-refractivity contribution is -0.00545. The number of anilines is 2. The van der Waals surface area contributed by atoms with Gasteiger partial charge in [-0.05, 0) is 19.9 Å². The third-order valence-electron chi connectivity index (χ3n) is 4.65. The number of aromatic nitrogens is 5. The standard InChI is InChI=1S/C18H21F2N7O2/c1-10-7-26(8-11(2)29-10)14-4-5-27-17(23-14)12(6-21-27)18(28)22-13-9-25(3)24-15(13)16(19)20/h4-6,9-11,16H,7-8H2,1-3H3,(H,22,28)/t10-,11-/m0/s1. The highest BCUT2D eigenvalue weighted by atomic mass is 19.3. The Balaban J connectivity index is 1.63. The Morgan fingerprint density at radius 2 is 2.03 bits per heavy atom. The summed E-state index contributed by atoms with van der Waals surface area (Å²) in [6.07, 6.45) is 1.73. The summed E-state index contributed by atoms with van der Waals surface area (Å²) in [5, 5.41) is 10.3. The summed E-state index contributed by atoms with van der Waals surface area (Å²) in [4.78, 5) is 19.4. The fourth-order valence-corrected chi connectivity index (χ4v) is 3.51. The van der Waals surface area contributed by atoms with E-state index in [-0.39, 0.29) is 23.5 Å². The van der Waals surface area contributed by atoms with E-state index in [1.165, 1.54) is 28.6 Å². The Hall–Kier alpha value is -3.08. The smallest absolute Gasteiger partial charge is 0.284 e. The number of ether oxygens (including phenoxy) is 1. The molecule has 4 heterocycles. The van der Waals surface area contributed by atoms with Gasteiger partial charge >= 0.3 is 0 Å². The molecule has 1 fully saturated rings. The van der Waals surface area contributed by atoms with E-state index in [4.69, 9.17) is 4.74 Å². The quantitative estimate of drug-likeness (QED) is 0.716. The van der Waals surface area contributed by atoms with Crippen molar-refractivity contribution in [3.05, 3.63) is 35.9 Å². The fraction of sp³-hybridized carbons (Fsp3) is 0.444. The van der Waals surface area contributed by atoms with Gasteiger partial charge in [0.15, 0.2) is 11.3 Å². The molecule has 1 aliphatic rings. The first kappa shape index (κ1) is 19.2. The SMILES string of the molecule is C[C@H]1CN(c2ccn3ncc(C(=O)Nc4cn(C)nc4C(F)F)c3n2)C[C@H](C)O1. The van der Waals surface area contributed by atoms with Gasteiger partial charge in [-0.25, -0.2) is 18.3 Å². The molecule has 1 saturated heterocycles.